The van der Waals surface area contributed by atoms with E-state index in [4.69, 9.17) is 4.74 Å². The SMILES string of the molecule is CC(=O)N1c2ccc(Br)cc2CCC1OCC(F)(F)F. The van der Waals surface area contributed by atoms with Crippen molar-refractivity contribution >= 4 is 27.5 Å². The maximum absolute atomic E-state index is 12.3. The molecule has 1 aliphatic heterocycles. The molecule has 1 amide bonds. The summed E-state index contributed by atoms with van der Waals surface area (Å²) in [7, 11) is 0. The number of fused-ring (bicyclic) bond motifs is 1. The van der Waals surface area contributed by atoms with Gasteiger partial charge in [0.25, 0.3) is 0 Å². The van der Waals surface area contributed by atoms with Crippen molar-refractivity contribution in [1.29, 1.82) is 0 Å². The molecule has 0 saturated carbocycles. The van der Waals surface area contributed by atoms with Gasteiger partial charge in [-0.15, -0.1) is 0 Å². The Kier molecular flexibility index (Phi) is 4.39. The predicted molar refractivity (Wildman–Crippen MR) is 71.4 cm³/mol. The summed E-state index contributed by atoms with van der Waals surface area (Å²) < 4.78 is 42.5. The van der Waals surface area contributed by atoms with E-state index in [1.165, 1.54) is 11.8 Å². The molecular weight excluding hydrogens is 339 g/mol. The molecule has 0 saturated heterocycles. The van der Waals surface area contributed by atoms with Crippen molar-refractivity contribution in [2.45, 2.75) is 32.2 Å². The summed E-state index contributed by atoms with van der Waals surface area (Å²) in [5.41, 5.74) is 1.53. The van der Waals surface area contributed by atoms with Crippen LogP contribution < -0.4 is 4.90 Å². The van der Waals surface area contributed by atoms with Gasteiger partial charge < -0.3 is 4.74 Å². The largest absolute Gasteiger partial charge is 0.411 e. The van der Waals surface area contributed by atoms with E-state index in [1.54, 1.807) is 12.1 Å². The predicted octanol–water partition coefficient (Wildman–Crippen LogP) is 3.65. The number of anilines is 1. The van der Waals surface area contributed by atoms with Crippen LogP contribution in [0, 0.1) is 0 Å². The summed E-state index contributed by atoms with van der Waals surface area (Å²) in [6.45, 7) is -0.0333. The van der Waals surface area contributed by atoms with Gasteiger partial charge in [0.05, 0.1) is 0 Å². The van der Waals surface area contributed by atoms with Gasteiger partial charge in [-0.1, -0.05) is 15.9 Å². The van der Waals surface area contributed by atoms with Crippen molar-refractivity contribution in [3.05, 3.63) is 28.2 Å². The Balaban J connectivity index is 2.24. The summed E-state index contributed by atoms with van der Waals surface area (Å²) >= 11 is 3.34. The highest BCUT2D eigenvalue weighted by atomic mass is 79.9. The van der Waals surface area contributed by atoms with Crippen LogP contribution in [0.2, 0.25) is 0 Å². The van der Waals surface area contributed by atoms with E-state index < -0.39 is 19.0 Å². The maximum Gasteiger partial charge on any atom is 0.411 e. The molecule has 2 rings (SSSR count). The van der Waals surface area contributed by atoms with Gasteiger partial charge >= 0.3 is 6.18 Å². The number of carbonyl (C=O) groups excluding carboxylic acids is 1. The number of ether oxygens (including phenoxy) is 1. The van der Waals surface area contributed by atoms with Crippen LogP contribution >= 0.6 is 15.9 Å². The Morgan fingerprint density at radius 1 is 1.50 bits per heavy atom. The normalized spacial score (nSPS) is 18.9. The summed E-state index contributed by atoms with van der Waals surface area (Å²) in [5, 5.41) is 0. The highest BCUT2D eigenvalue weighted by molar-refractivity contribution is 9.10. The third-order valence-electron chi connectivity index (χ3n) is 3.03. The standard InChI is InChI=1S/C13H13BrF3NO2/c1-8(19)18-11-4-3-10(14)6-9(11)2-5-12(18)20-7-13(15,16)17/h3-4,6,12H,2,5,7H2,1H3. The Bertz CT molecular complexity index is 519. The topological polar surface area (TPSA) is 29.5 Å². The zero-order chi connectivity index (χ0) is 14.9. The van der Waals surface area contributed by atoms with E-state index in [9.17, 15) is 18.0 Å². The number of hydrogen-bond acceptors (Lipinski definition) is 2. The van der Waals surface area contributed by atoms with Crippen LogP contribution in [0.25, 0.3) is 0 Å². The van der Waals surface area contributed by atoms with Crippen LogP contribution in [0.5, 0.6) is 0 Å². The molecule has 0 bridgehead atoms. The number of rotatable bonds is 2. The molecule has 0 radical (unpaired) electrons. The lowest BCUT2D eigenvalue weighted by Gasteiger charge is -2.36. The zero-order valence-electron chi connectivity index (χ0n) is 10.7. The van der Waals surface area contributed by atoms with E-state index in [1.807, 2.05) is 6.07 Å². The Morgan fingerprint density at radius 2 is 2.20 bits per heavy atom. The second-order valence-electron chi connectivity index (χ2n) is 4.58. The third-order valence-corrected chi connectivity index (χ3v) is 3.52. The number of benzene rings is 1. The second-order valence-corrected chi connectivity index (χ2v) is 5.50. The van der Waals surface area contributed by atoms with Gasteiger partial charge in [-0.25, -0.2) is 0 Å². The van der Waals surface area contributed by atoms with Crippen molar-refractivity contribution < 1.29 is 22.7 Å². The van der Waals surface area contributed by atoms with Crippen molar-refractivity contribution in [2.75, 3.05) is 11.5 Å². The molecule has 110 valence electrons. The third kappa shape index (κ3) is 3.52. The van der Waals surface area contributed by atoms with Gasteiger partial charge in [0.1, 0.15) is 12.8 Å². The fraction of sp³-hybridized carbons (Fsp3) is 0.462. The van der Waals surface area contributed by atoms with Crippen molar-refractivity contribution in [3.63, 3.8) is 0 Å². The summed E-state index contributed by atoms with van der Waals surface area (Å²) in [4.78, 5) is 13.0. The number of carbonyl (C=O) groups is 1. The molecule has 0 N–H and O–H groups in total. The van der Waals surface area contributed by atoms with E-state index in [2.05, 4.69) is 15.9 Å². The summed E-state index contributed by atoms with van der Waals surface area (Å²) in [6, 6.07) is 5.33. The zero-order valence-corrected chi connectivity index (χ0v) is 12.3. The molecule has 1 aromatic carbocycles. The first kappa shape index (κ1) is 15.3. The molecule has 0 aliphatic carbocycles. The quantitative estimate of drug-likeness (QED) is 0.813. The van der Waals surface area contributed by atoms with Crippen LogP contribution in [0.1, 0.15) is 18.9 Å². The summed E-state index contributed by atoms with van der Waals surface area (Å²) in [5.74, 6) is -0.333. The molecule has 1 aliphatic rings. The van der Waals surface area contributed by atoms with E-state index >= 15 is 0 Å². The average molecular weight is 352 g/mol. The molecular formula is C13H13BrF3NO2. The molecule has 0 aromatic heterocycles. The van der Waals surface area contributed by atoms with Gasteiger partial charge in [0.15, 0.2) is 0 Å². The molecule has 3 nitrogen and oxygen atoms in total. The van der Waals surface area contributed by atoms with Crippen molar-refractivity contribution in [3.8, 4) is 0 Å². The van der Waals surface area contributed by atoms with Crippen LogP contribution in [0.4, 0.5) is 18.9 Å². The molecule has 0 fully saturated rings. The lowest BCUT2D eigenvalue weighted by Crippen LogP contribution is -2.45. The first-order valence-electron chi connectivity index (χ1n) is 6.04. The van der Waals surface area contributed by atoms with Crippen LogP contribution in [0.3, 0.4) is 0 Å². The minimum absolute atomic E-state index is 0.333. The highest BCUT2D eigenvalue weighted by Gasteiger charge is 2.34. The molecule has 1 heterocycles. The van der Waals surface area contributed by atoms with E-state index in [0.717, 1.165) is 10.0 Å². The van der Waals surface area contributed by atoms with Crippen molar-refractivity contribution in [2.24, 2.45) is 0 Å². The number of nitrogens with zero attached hydrogens (tertiary/aromatic N) is 1. The number of hydrogen-bond donors (Lipinski definition) is 0. The first-order chi connectivity index (χ1) is 9.28. The molecule has 7 heteroatoms. The molecule has 1 atom stereocenters. The minimum atomic E-state index is -4.40. The lowest BCUT2D eigenvalue weighted by atomic mass is 10.0. The fourth-order valence-electron chi connectivity index (χ4n) is 2.27. The average Bonchev–Trinajstić information content (AvgIpc) is 2.34. The second kappa shape index (κ2) is 5.73. The van der Waals surface area contributed by atoms with Gasteiger partial charge in [0.2, 0.25) is 5.91 Å². The first-order valence-corrected chi connectivity index (χ1v) is 6.84. The van der Waals surface area contributed by atoms with E-state index in [-0.39, 0.29) is 5.91 Å². The molecule has 0 spiro atoms. The number of aryl methyl sites for hydroxylation is 1. The molecule has 1 aromatic rings. The Morgan fingerprint density at radius 3 is 2.80 bits per heavy atom. The number of alkyl halides is 3. The van der Waals surface area contributed by atoms with Crippen LogP contribution in [-0.2, 0) is 16.0 Å². The Labute approximate surface area is 122 Å². The summed E-state index contributed by atoms with van der Waals surface area (Å²) in [6.07, 6.45) is -4.36. The van der Waals surface area contributed by atoms with Gasteiger partial charge in [-0.05, 0) is 36.6 Å². The Hall–Kier alpha value is -1.08. The fourth-order valence-corrected chi connectivity index (χ4v) is 2.68. The van der Waals surface area contributed by atoms with E-state index in [0.29, 0.717) is 18.5 Å². The van der Waals surface area contributed by atoms with Gasteiger partial charge in [-0.2, -0.15) is 13.2 Å². The monoisotopic (exact) mass is 351 g/mol. The molecule has 20 heavy (non-hydrogen) atoms. The lowest BCUT2D eigenvalue weighted by molar-refractivity contribution is -0.186. The van der Waals surface area contributed by atoms with Crippen LogP contribution in [0.15, 0.2) is 22.7 Å². The highest BCUT2D eigenvalue weighted by Crippen LogP contribution is 2.34. The minimum Gasteiger partial charge on any atom is -0.348 e. The van der Waals surface area contributed by atoms with Crippen LogP contribution in [-0.4, -0.2) is 24.9 Å². The maximum atomic E-state index is 12.3. The number of amides is 1. The van der Waals surface area contributed by atoms with Crippen molar-refractivity contribution in [1.82, 2.24) is 0 Å². The molecule has 1 unspecified atom stereocenters. The number of halogens is 4. The van der Waals surface area contributed by atoms with Gasteiger partial charge in [0, 0.05) is 17.1 Å². The van der Waals surface area contributed by atoms with Gasteiger partial charge in [-0.3, -0.25) is 9.69 Å². The smallest absolute Gasteiger partial charge is 0.348 e.